The van der Waals surface area contributed by atoms with Gasteiger partial charge in [-0.25, -0.2) is 29.9 Å². The molecular weight excluding hydrogens is 1250 g/mol. The lowest BCUT2D eigenvalue weighted by Gasteiger charge is -2.13. The van der Waals surface area contributed by atoms with Crippen LogP contribution in [0.1, 0.15) is 0 Å². The second-order valence-corrected chi connectivity index (χ2v) is 25.6. The first-order valence-electron chi connectivity index (χ1n) is 34.2. The molecule has 0 aliphatic heterocycles. The maximum absolute atomic E-state index is 6.94. The third-order valence-corrected chi connectivity index (χ3v) is 19.5. The van der Waals surface area contributed by atoms with E-state index in [1.807, 2.05) is 78.9 Å². The second kappa shape index (κ2) is 25.2. The van der Waals surface area contributed by atoms with E-state index in [1.54, 1.807) is 0 Å². The minimum atomic E-state index is 0.506. The van der Waals surface area contributed by atoms with E-state index in [4.69, 9.17) is 38.7 Å². The van der Waals surface area contributed by atoms with Gasteiger partial charge in [-0.1, -0.05) is 309 Å². The molecule has 0 radical (unpaired) electrons. The number of fused-ring (bicyclic) bond motifs is 7. The summed E-state index contributed by atoms with van der Waals surface area (Å²) in [6.07, 6.45) is 0. The molecule has 0 N–H and O–H groups in total. The highest BCUT2D eigenvalue weighted by atomic mass is 16.3. The average molecular weight is 1300 g/mol. The maximum Gasteiger partial charge on any atom is 0.167 e. The summed E-state index contributed by atoms with van der Waals surface area (Å²) in [4.78, 5) is 31.3. The Bertz CT molecular complexity index is 6410. The maximum atomic E-state index is 6.94. The van der Waals surface area contributed by atoms with Gasteiger partial charge in [0.1, 0.15) is 22.3 Å². The van der Waals surface area contributed by atoms with E-state index in [0.717, 1.165) is 122 Å². The first-order chi connectivity index (χ1) is 50.5. The average Bonchev–Trinajstić information content (AvgIpc) is 1.56. The minimum absolute atomic E-state index is 0.506. The van der Waals surface area contributed by atoms with Crippen LogP contribution in [-0.4, -0.2) is 29.9 Å². The molecule has 19 aromatic rings. The largest absolute Gasteiger partial charge is 0.455 e. The lowest BCUT2D eigenvalue weighted by atomic mass is 9.91. The van der Waals surface area contributed by atoms with Crippen molar-refractivity contribution in [1.29, 1.82) is 0 Å². The molecule has 0 saturated heterocycles. The van der Waals surface area contributed by atoms with Crippen molar-refractivity contribution in [3.05, 3.63) is 352 Å². The molecule has 0 atom stereocenters. The lowest BCUT2D eigenvalue weighted by molar-refractivity contribution is 0.669. The van der Waals surface area contributed by atoms with Gasteiger partial charge in [0.05, 0.1) is 11.1 Å². The second-order valence-electron chi connectivity index (χ2n) is 25.6. The summed E-state index contributed by atoms with van der Waals surface area (Å²) in [6, 6.07) is 123. The molecule has 0 aliphatic rings. The molecule has 102 heavy (non-hydrogen) atoms. The van der Waals surface area contributed by atoms with Crippen LogP contribution in [0, 0.1) is 0 Å². The first-order valence-corrected chi connectivity index (χ1v) is 34.2. The highest BCUT2D eigenvalue weighted by Gasteiger charge is 2.23. The molecule has 4 heterocycles. The Hall–Kier alpha value is -13.8. The fraction of sp³-hybridized carbons (Fsp3) is 0. The van der Waals surface area contributed by atoms with Crippen LogP contribution in [0.15, 0.2) is 361 Å². The predicted molar refractivity (Wildman–Crippen MR) is 416 cm³/mol. The molecule has 0 aliphatic carbocycles. The van der Waals surface area contributed by atoms with Crippen LogP contribution >= 0.6 is 0 Å². The van der Waals surface area contributed by atoms with Crippen molar-refractivity contribution in [2.24, 2.45) is 0 Å². The zero-order chi connectivity index (χ0) is 67.5. The van der Waals surface area contributed by atoms with Crippen LogP contribution in [-0.2, 0) is 0 Å². The summed E-state index contributed by atoms with van der Waals surface area (Å²) in [5, 5.41) is 6.39. The van der Waals surface area contributed by atoms with Crippen LogP contribution in [0.2, 0.25) is 0 Å². The van der Waals surface area contributed by atoms with Gasteiger partial charge in [-0.15, -0.1) is 0 Å². The van der Waals surface area contributed by atoms with E-state index in [9.17, 15) is 0 Å². The summed E-state index contributed by atoms with van der Waals surface area (Å²) >= 11 is 0. The van der Waals surface area contributed by atoms with E-state index >= 15 is 0 Å². The van der Waals surface area contributed by atoms with E-state index in [0.29, 0.717) is 40.5 Å². The van der Waals surface area contributed by atoms with Crippen LogP contribution in [0.5, 0.6) is 0 Å². The fourth-order valence-electron chi connectivity index (χ4n) is 14.4. The zero-order valence-corrected chi connectivity index (χ0v) is 55.0. The fourth-order valence-corrected chi connectivity index (χ4v) is 14.4. The third-order valence-electron chi connectivity index (χ3n) is 19.5. The Morgan fingerprint density at radius 2 is 0.451 bits per heavy atom. The van der Waals surface area contributed by atoms with Crippen LogP contribution in [0.3, 0.4) is 0 Å². The molecule has 476 valence electrons. The third kappa shape index (κ3) is 10.9. The SMILES string of the molecule is c1ccc(-c2cccc(-c3cccc(-c4ccc(-c5nc(-c6ccc(-c7cccc8oc9c(-c%10nc(-c%11ccccc%11)nc(-c%11ccc(-c%12cccc(-c%13ccc(-c%14ccccc%14)c%14ccccc%13%14)c%12)cc%11)n%10)cccc9c78)cc6)nc(-c6cccc7c6oc6ccccc67)n5)cc4)c3)c2)cc1. The molecule has 0 amide bonds. The van der Waals surface area contributed by atoms with Crippen molar-refractivity contribution in [3.8, 4) is 146 Å². The predicted octanol–water partition coefficient (Wildman–Crippen LogP) is 24.7. The number of benzene rings is 15. The monoisotopic (exact) mass is 1300 g/mol. The highest BCUT2D eigenvalue weighted by molar-refractivity contribution is 6.15. The van der Waals surface area contributed by atoms with Crippen LogP contribution in [0.25, 0.3) is 201 Å². The molecule has 8 heteroatoms. The van der Waals surface area contributed by atoms with E-state index in [1.165, 1.54) is 38.6 Å². The number of aromatic nitrogens is 6. The topological polar surface area (TPSA) is 104 Å². The summed E-state index contributed by atoms with van der Waals surface area (Å²) in [6.45, 7) is 0. The summed E-state index contributed by atoms with van der Waals surface area (Å²) < 4.78 is 13.5. The van der Waals surface area contributed by atoms with Gasteiger partial charge in [-0.05, 0) is 131 Å². The van der Waals surface area contributed by atoms with E-state index < -0.39 is 0 Å². The highest BCUT2D eigenvalue weighted by Crippen LogP contribution is 2.44. The normalized spacial score (nSPS) is 11.5. The number of hydrogen-bond donors (Lipinski definition) is 0. The lowest BCUT2D eigenvalue weighted by Crippen LogP contribution is -2.00. The van der Waals surface area contributed by atoms with Crippen molar-refractivity contribution in [2.75, 3.05) is 0 Å². The number of furan rings is 2. The molecule has 15 aromatic carbocycles. The molecule has 8 nitrogen and oxygen atoms in total. The standard InChI is InChI=1S/C94H58N6O2/c1-4-20-59(21-5-1)68-26-14-29-71(56-68)72-30-15-27-69(57-72)60-42-48-66(49-43-60)91-96-92(99-93(98-91)82-38-17-36-80-79-34-12-13-40-84(79)101-87(80)82)67-52-46-63(47-53-67)76-35-19-41-85-86(76)81-37-18-39-83(88(81)102-85)94-97-89(64-24-8-3-9-25-64)95-90(100-94)65-50-44-61(45-51-65)70-28-16-31-73(58-70)75-55-54-74(62-22-6-2-7-23-62)77-32-10-11-33-78(75)77/h1-58H. The van der Waals surface area contributed by atoms with Gasteiger partial charge in [0.2, 0.25) is 0 Å². The van der Waals surface area contributed by atoms with Gasteiger partial charge in [-0.3, -0.25) is 0 Å². The number of nitrogens with zero attached hydrogens (tertiary/aromatic N) is 6. The molecular formula is C94H58N6O2. The zero-order valence-electron chi connectivity index (χ0n) is 55.0. The molecule has 0 spiro atoms. The van der Waals surface area contributed by atoms with E-state index in [2.05, 4.69) is 273 Å². The van der Waals surface area contributed by atoms with Gasteiger partial charge < -0.3 is 8.83 Å². The smallest absolute Gasteiger partial charge is 0.167 e. The van der Waals surface area contributed by atoms with Crippen molar-refractivity contribution >= 4 is 54.6 Å². The number of rotatable bonds is 13. The van der Waals surface area contributed by atoms with Crippen LogP contribution < -0.4 is 0 Å². The Labute approximate surface area is 587 Å². The molecule has 4 aromatic heterocycles. The van der Waals surface area contributed by atoms with Crippen molar-refractivity contribution in [1.82, 2.24) is 29.9 Å². The summed E-state index contributed by atoms with van der Waals surface area (Å²) in [7, 11) is 0. The minimum Gasteiger partial charge on any atom is -0.455 e. The van der Waals surface area contributed by atoms with Gasteiger partial charge in [0, 0.05) is 43.8 Å². The Morgan fingerprint density at radius 3 is 0.980 bits per heavy atom. The van der Waals surface area contributed by atoms with Gasteiger partial charge in [-0.2, -0.15) is 0 Å². The summed E-state index contributed by atoms with van der Waals surface area (Å²) in [5.41, 5.74) is 23.8. The van der Waals surface area contributed by atoms with Crippen molar-refractivity contribution in [2.45, 2.75) is 0 Å². The first kappa shape index (κ1) is 59.4. The van der Waals surface area contributed by atoms with Crippen molar-refractivity contribution in [3.63, 3.8) is 0 Å². The van der Waals surface area contributed by atoms with Gasteiger partial charge in [0.15, 0.2) is 34.9 Å². The quantitative estimate of drug-likeness (QED) is 0.112. The molecule has 0 bridgehead atoms. The number of para-hydroxylation sites is 3. The summed E-state index contributed by atoms with van der Waals surface area (Å²) in [5.74, 6) is 3.21. The molecule has 19 rings (SSSR count). The Kier molecular flexibility index (Phi) is 14.7. The molecule has 0 unspecified atom stereocenters. The molecule has 0 fully saturated rings. The Morgan fingerprint density at radius 1 is 0.157 bits per heavy atom. The van der Waals surface area contributed by atoms with Crippen LogP contribution in [0.4, 0.5) is 0 Å². The Balaban J connectivity index is 0.652. The molecule has 0 saturated carbocycles. The van der Waals surface area contributed by atoms with E-state index in [-0.39, 0.29) is 0 Å². The number of hydrogen-bond acceptors (Lipinski definition) is 8. The van der Waals surface area contributed by atoms with Crippen molar-refractivity contribution < 1.29 is 8.83 Å². The van der Waals surface area contributed by atoms with Gasteiger partial charge >= 0.3 is 0 Å². The van der Waals surface area contributed by atoms with Gasteiger partial charge in [0.25, 0.3) is 0 Å².